The molecule has 1 aromatic heterocycles. The number of ether oxygens (including phenoxy) is 1. The zero-order valence-corrected chi connectivity index (χ0v) is 12.6. The third kappa shape index (κ3) is 3.54. The normalized spacial score (nSPS) is 10.2. The summed E-state index contributed by atoms with van der Waals surface area (Å²) in [6, 6.07) is 11.5. The number of rotatable bonds is 5. The van der Waals surface area contributed by atoms with Crippen molar-refractivity contribution in [3.63, 3.8) is 0 Å². The van der Waals surface area contributed by atoms with Crippen LogP contribution in [0.5, 0.6) is 5.88 Å². The minimum Gasteiger partial charge on any atom is -0.481 e. The fourth-order valence-corrected chi connectivity index (χ4v) is 2.07. The smallest absolute Gasteiger partial charge is 0.213 e. The lowest BCUT2D eigenvalue weighted by Crippen LogP contribution is -2.12. The zero-order valence-electron chi connectivity index (χ0n) is 11.9. The van der Waals surface area contributed by atoms with Crippen molar-refractivity contribution < 1.29 is 4.74 Å². The molecule has 1 N–H and O–H groups in total. The van der Waals surface area contributed by atoms with Gasteiger partial charge in [0.1, 0.15) is 0 Å². The number of hydrogen-bond donors (Lipinski definition) is 1. The van der Waals surface area contributed by atoms with Gasteiger partial charge in [0.15, 0.2) is 0 Å². The lowest BCUT2D eigenvalue weighted by Gasteiger charge is -2.18. The largest absolute Gasteiger partial charge is 0.481 e. The summed E-state index contributed by atoms with van der Waals surface area (Å²) >= 11 is 6.06. The molecule has 0 aliphatic heterocycles. The Morgan fingerprint density at radius 3 is 2.75 bits per heavy atom. The molecule has 2 rings (SSSR count). The summed E-state index contributed by atoms with van der Waals surface area (Å²) in [5, 5.41) is 4.06. The average Bonchev–Trinajstić information content (AvgIpc) is 2.45. The number of pyridine rings is 1. The number of aromatic nitrogens is 1. The second-order valence-corrected chi connectivity index (χ2v) is 5.02. The maximum absolute atomic E-state index is 6.06. The first kappa shape index (κ1) is 14.5. The van der Waals surface area contributed by atoms with Crippen LogP contribution in [0, 0.1) is 0 Å². The minimum atomic E-state index is 0.610. The molecule has 2 aromatic rings. The van der Waals surface area contributed by atoms with Crippen molar-refractivity contribution in [1.29, 1.82) is 0 Å². The standard InChI is InChI=1S/C15H18ClN3O/c1-19(2)14-8-7-11(16)9-13(14)17-10-12-5-4-6-15(18-12)20-3/h4-9,17H,10H2,1-3H3. The van der Waals surface area contributed by atoms with E-state index in [-0.39, 0.29) is 0 Å². The Morgan fingerprint density at radius 1 is 1.25 bits per heavy atom. The summed E-state index contributed by atoms with van der Waals surface area (Å²) < 4.78 is 5.12. The predicted octanol–water partition coefficient (Wildman–Crippen LogP) is 3.42. The van der Waals surface area contributed by atoms with Crippen LogP contribution in [0.4, 0.5) is 11.4 Å². The number of nitrogens with zero attached hydrogens (tertiary/aromatic N) is 2. The first-order chi connectivity index (χ1) is 9.60. The zero-order chi connectivity index (χ0) is 14.5. The summed E-state index contributed by atoms with van der Waals surface area (Å²) in [6.07, 6.45) is 0. The van der Waals surface area contributed by atoms with Crippen LogP contribution >= 0.6 is 11.6 Å². The van der Waals surface area contributed by atoms with Gasteiger partial charge < -0.3 is 15.0 Å². The van der Waals surface area contributed by atoms with Gasteiger partial charge in [0.25, 0.3) is 0 Å². The van der Waals surface area contributed by atoms with Gasteiger partial charge in [0.05, 0.1) is 30.7 Å². The quantitative estimate of drug-likeness (QED) is 0.916. The van der Waals surface area contributed by atoms with E-state index in [4.69, 9.17) is 16.3 Å². The molecule has 106 valence electrons. The van der Waals surface area contributed by atoms with Crippen LogP contribution in [0.3, 0.4) is 0 Å². The minimum absolute atomic E-state index is 0.610. The molecule has 0 saturated carbocycles. The van der Waals surface area contributed by atoms with Crippen LogP contribution in [0.1, 0.15) is 5.69 Å². The van der Waals surface area contributed by atoms with Crippen LogP contribution in [-0.4, -0.2) is 26.2 Å². The number of halogens is 1. The van der Waals surface area contributed by atoms with Crippen LogP contribution in [0.25, 0.3) is 0 Å². The molecule has 4 nitrogen and oxygen atoms in total. The monoisotopic (exact) mass is 291 g/mol. The molecule has 0 bridgehead atoms. The maximum Gasteiger partial charge on any atom is 0.213 e. The molecule has 0 spiro atoms. The predicted molar refractivity (Wildman–Crippen MR) is 83.9 cm³/mol. The van der Waals surface area contributed by atoms with Crippen molar-refractivity contribution in [3.8, 4) is 5.88 Å². The molecule has 1 aromatic carbocycles. The molecule has 20 heavy (non-hydrogen) atoms. The van der Waals surface area contributed by atoms with Crippen LogP contribution < -0.4 is 15.0 Å². The van der Waals surface area contributed by atoms with E-state index in [0.717, 1.165) is 17.1 Å². The van der Waals surface area contributed by atoms with Crippen molar-refractivity contribution in [2.75, 3.05) is 31.4 Å². The van der Waals surface area contributed by atoms with Crippen molar-refractivity contribution in [1.82, 2.24) is 4.98 Å². The molecular weight excluding hydrogens is 274 g/mol. The van der Waals surface area contributed by atoms with Crippen molar-refractivity contribution in [2.45, 2.75) is 6.54 Å². The fraction of sp³-hybridized carbons (Fsp3) is 0.267. The fourth-order valence-electron chi connectivity index (χ4n) is 1.90. The highest BCUT2D eigenvalue weighted by Crippen LogP contribution is 2.28. The summed E-state index contributed by atoms with van der Waals surface area (Å²) in [5.41, 5.74) is 2.97. The summed E-state index contributed by atoms with van der Waals surface area (Å²) in [5.74, 6) is 0.614. The Kier molecular flexibility index (Phi) is 4.69. The third-order valence-electron chi connectivity index (χ3n) is 2.89. The molecule has 0 fully saturated rings. The molecular formula is C15H18ClN3O. The highest BCUT2D eigenvalue weighted by molar-refractivity contribution is 6.31. The molecule has 0 atom stereocenters. The number of benzene rings is 1. The van der Waals surface area contributed by atoms with Gasteiger partial charge in [-0.05, 0) is 24.3 Å². The highest BCUT2D eigenvalue weighted by Gasteiger charge is 2.06. The van der Waals surface area contributed by atoms with Crippen LogP contribution in [0.15, 0.2) is 36.4 Å². The number of nitrogens with one attached hydrogen (secondary N) is 1. The van der Waals surface area contributed by atoms with Gasteiger partial charge in [-0.3, -0.25) is 0 Å². The number of hydrogen-bond acceptors (Lipinski definition) is 4. The number of anilines is 2. The molecule has 0 aliphatic carbocycles. The van der Waals surface area contributed by atoms with E-state index >= 15 is 0 Å². The number of methoxy groups -OCH3 is 1. The van der Waals surface area contributed by atoms with E-state index in [1.807, 2.05) is 55.4 Å². The Morgan fingerprint density at radius 2 is 2.05 bits per heavy atom. The highest BCUT2D eigenvalue weighted by atomic mass is 35.5. The van der Waals surface area contributed by atoms with Gasteiger partial charge >= 0.3 is 0 Å². The Balaban J connectivity index is 2.15. The van der Waals surface area contributed by atoms with Gasteiger partial charge in [-0.1, -0.05) is 17.7 Å². The molecule has 5 heteroatoms. The summed E-state index contributed by atoms with van der Waals surface area (Å²) in [6.45, 7) is 0.610. The second-order valence-electron chi connectivity index (χ2n) is 4.58. The molecule has 1 heterocycles. The second kappa shape index (κ2) is 6.48. The molecule has 0 unspecified atom stereocenters. The van der Waals surface area contributed by atoms with Gasteiger partial charge in [-0.15, -0.1) is 0 Å². The van der Waals surface area contributed by atoms with Crippen molar-refractivity contribution in [2.24, 2.45) is 0 Å². The Labute approximate surface area is 124 Å². The van der Waals surface area contributed by atoms with Crippen LogP contribution in [-0.2, 0) is 6.54 Å². The van der Waals surface area contributed by atoms with Crippen molar-refractivity contribution in [3.05, 3.63) is 47.1 Å². The van der Waals surface area contributed by atoms with Gasteiger partial charge in [0, 0.05) is 25.2 Å². The Bertz CT molecular complexity index is 587. The molecule has 0 saturated heterocycles. The molecule has 0 radical (unpaired) electrons. The summed E-state index contributed by atoms with van der Waals surface area (Å²) in [7, 11) is 5.61. The molecule has 0 aliphatic rings. The lowest BCUT2D eigenvalue weighted by atomic mass is 10.2. The van der Waals surface area contributed by atoms with E-state index in [0.29, 0.717) is 17.4 Å². The lowest BCUT2D eigenvalue weighted by molar-refractivity contribution is 0.396. The van der Waals surface area contributed by atoms with Crippen molar-refractivity contribution >= 4 is 23.0 Å². The van der Waals surface area contributed by atoms with E-state index < -0.39 is 0 Å². The average molecular weight is 292 g/mol. The van der Waals surface area contributed by atoms with Gasteiger partial charge in [-0.25, -0.2) is 4.98 Å². The SMILES string of the molecule is COc1cccc(CNc2cc(Cl)ccc2N(C)C)n1. The first-order valence-corrected chi connectivity index (χ1v) is 6.68. The summed E-state index contributed by atoms with van der Waals surface area (Å²) in [4.78, 5) is 6.41. The van der Waals surface area contributed by atoms with E-state index in [1.165, 1.54) is 0 Å². The van der Waals surface area contributed by atoms with Gasteiger partial charge in [0.2, 0.25) is 5.88 Å². The molecule has 0 amide bonds. The Hall–Kier alpha value is -1.94. The van der Waals surface area contributed by atoms with Gasteiger partial charge in [-0.2, -0.15) is 0 Å². The van der Waals surface area contributed by atoms with E-state index in [1.54, 1.807) is 7.11 Å². The van der Waals surface area contributed by atoms with E-state index in [2.05, 4.69) is 10.3 Å². The third-order valence-corrected chi connectivity index (χ3v) is 3.13. The first-order valence-electron chi connectivity index (χ1n) is 6.31. The van der Waals surface area contributed by atoms with E-state index in [9.17, 15) is 0 Å². The maximum atomic E-state index is 6.06. The topological polar surface area (TPSA) is 37.4 Å². The van der Waals surface area contributed by atoms with Crippen LogP contribution in [0.2, 0.25) is 5.02 Å².